The molecule has 0 aromatic heterocycles. The molecule has 0 bridgehead atoms. The highest BCUT2D eigenvalue weighted by Gasteiger charge is 2.34. The fourth-order valence-corrected chi connectivity index (χ4v) is 2.12. The topological polar surface area (TPSA) is 27.7 Å². The predicted molar refractivity (Wildman–Crippen MR) is 70.7 cm³/mol. The summed E-state index contributed by atoms with van der Waals surface area (Å²) < 4.78 is 17.9. The first-order valence-electron chi connectivity index (χ1n) is 5.29. The van der Waals surface area contributed by atoms with Crippen LogP contribution in [-0.2, 0) is 4.43 Å². The molecule has 4 heteroatoms. The third-order valence-corrected chi connectivity index (χ3v) is 3.12. The highest BCUT2D eigenvalue weighted by molar-refractivity contribution is 14.1. The number of ether oxygens (including phenoxy) is 3. The van der Waals surface area contributed by atoms with Gasteiger partial charge in [0.2, 0.25) is 11.5 Å². The monoisotopic (exact) mass is 334 g/mol. The van der Waals surface area contributed by atoms with E-state index < -0.39 is 5.79 Å². The third kappa shape index (κ3) is 2.21. The fraction of sp³-hybridized carbons (Fsp3) is 0.500. The normalized spacial score (nSPS) is 16.2. The second-order valence-electron chi connectivity index (χ2n) is 4.09. The molecule has 1 aromatic rings. The molecule has 0 radical (unpaired) electrons. The van der Waals surface area contributed by atoms with Crippen molar-refractivity contribution in [2.75, 3.05) is 6.61 Å². The van der Waals surface area contributed by atoms with Crippen LogP contribution in [0.3, 0.4) is 0 Å². The van der Waals surface area contributed by atoms with Gasteiger partial charge in [-0.3, -0.25) is 0 Å². The van der Waals surface area contributed by atoms with Crippen LogP contribution in [0.5, 0.6) is 17.2 Å². The molecular weight excluding hydrogens is 319 g/mol. The Morgan fingerprint density at radius 1 is 1.31 bits per heavy atom. The van der Waals surface area contributed by atoms with Crippen LogP contribution in [0.4, 0.5) is 0 Å². The summed E-state index contributed by atoms with van der Waals surface area (Å²) in [6, 6.07) is 4.03. The van der Waals surface area contributed by atoms with E-state index >= 15 is 0 Å². The minimum absolute atomic E-state index is 0.599. The van der Waals surface area contributed by atoms with E-state index in [-0.39, 0.29) is 0 Å². The summed E-state index contributed by atoms with van der Waals surface area (Å²) in [5, 5.41) is 0. The molecule has 0 unspecified atom stereocenters. The number of rotatable bonds is 3. The van der Waals surface area contributed by atoms with Crippen LogP contribution in [0, 0.1) is 0 Å². The van der Waals surface area contributed by atoms with Crippen molar-refractivity contribution in [2.24, 2.45) is 0 Å². The zero-order chi connectivity index (χ0) is 11.8. The summed E-state index contributed by atoms with van der Waals surface area (Å²) in [7, 11) is 0. The summed E-state index contributed by atoms with van der Waals surface area (Å²) in [6.45, 7) is 6.38. The lowest BCUT2D eigenvalue weighted by atomic mass is 10.2. The van der Waals surface area contributed by atoms with Gasteiger partial charge in [0.1, 0.15) is 0 Å². The Hall–Kier alpha value is -0.650. The number of benzene rings is 1. The van der Waals surface area contributed by atoms with E-state index in [1.165, 1.54) is 5.56 Å². The van der Waals surface area contributed by atoms with Crippen molar-refractivity contribution >= 4 is 22.6 Å². The molecule has 1 aromatic carbocycles. The van der Waals surface area contributed by atoms with Crippen molar-refractivity contribution in [3.8, 4) is 17.2 Å². The molecule has 0 saturated heterocycles. The molecular formula is C12H15IO3. The van der Waals surface area contributed by atoms with E-state index in [2.05, 4.69) is 22.6 Å². The molecule has 0 amide bonds. The van der Waals surface area contributed by atoms with Gasteiger partial charge in [-0.05, 0) is 24.6 Å². The van der Waals surface area contributed by atoms with Crippen molar-refractivity contribution in [2.45, 2.75) is 31.0 Å². The summed E-state index contributed by atoms with van der Waals surface area (Å²) >= 11 is 2.32. The van der Waals surface area contributed by atoms with Crippen LogP contribution in [-0.4, -0.2) is 12.4 Å². The number of halogens is 1. The smallest absolute Gasteiger partial charge is 0.246 e. The van der Waals surface area contributed by atoms with Gasteiger partial charge in [0, 0.05) is 18.3 Å². The molecule has 0 saturated carbocycles. The Morgan fingerprint density at radius 2 is 2.06 bits per heavy atom. The number of hydrogen-bond acceptors (Lipinski definition) is 3. The van der Waals surface area contributed by atoms with Crippen molar-refractivity contribution < 1.29 is 14.2 Å². The lowest BCUT2D eigenvalue weighted by molar-refractivity contribution is -0.0440. The molecule has 16 heavy (non-hydrogen) atoms. The van der Waals surface area contributed by atoms with Crippen LogP contribution >= 0.6 is 22.6 Å². The molecule has 1 aliphatic rings. The highest BCUT2D eigenvalue weighted by Crippen LogP contribution is 2.47. The lowest BCUT2D eigenvalue weighted by Crippen LogP contribution is -2.29. The third-order valence-electron chi connectivity index (χ3n) is 2.24. The standard InChI is InChI=1S/C12H15IO3/c1-4-14-9-5-8(7-13)6-10-11(9)16-12(2,3)15-10/h5-6H,4,7H2,1-3H3. The Morgan fingerprint density at radius 3 is 2.69 bits per heavy atom. The van der Waals surface area contributed by atoms with Crippen LogP contribution < -0.4 is 14.2 Å². The van der Waals surface area contributed by atoms with E-state index in [9.17, 15) is 0 Å². The molecule has 2 rings (SSSR count). The molecule has 0 N–H and O–H groups in total. The maximum atomic E-state index is 5.73. The van der Waals surface area contributed by atoms with Crippen molar-refractivity contribution in [1.29, 1.82) is 0 Å². The Bertz CT molecular complexity index is 401. The van der Waals surface area contributed by atoms with Gasteiger partial charge in [-0.15, -0.1) is 0 Å². The maximum absolute atomic E-state index is 5.73. The van der Waals surface area contributed by atoms with E-state index in [0.29, 0.717) is 6.61 Å². The quantitative estimate of drug-likeness (QED) is 0.625. The summed E-state index contributed by atoms with van der Waals surface area (Å²) in [4.78, 5) is 0. The Balaban J connectivity index is 2.43. The number of hydrogen-bond donors (Lipinski definition) is 0. The zero-order valence-corrected chi connectivity index (χ0v) is 11.8. The first kappa shape index (κ1) is 11.8. The van der Waals surface area contributed by atoms with Crippen LogP contribution in [0.15, 0.2) is 12.1 Å². The van der Waals surface area contributed by atoms with E-state index in [1.54, 1.807) is 0 Å². The van der Waals surface area contributed by atoms with E-state index in [0.717, 1.165) is 21.7 Å². The van der Waals surface area contributed by atoms with Gasteiger partial charge in [-0.2, -0.15) is 0 Å². The molecule has 0 atom stereocenters. The first-order valence-corrected chi connectivity index (χ1v) is 6.82. The van der Waals surface area contributed by atoms with Gasteiger partial charge in [0.25, 0.3) is 0 Å². The van der Waals surface area contributed by atoms with Gasteiger partial charge >= 0.3 is 0 Å². The molecule has 0 fully saturated rings. The van der Waals surface area contributed by atoms with Gasteiger partial charge in [0.15, 0.2) is 11.5 Å². The summed E-state index contributed by atoms with van der Waals surface area (Å²) in [6.07, 6.45) is 0. The van der Waals surface area contributed by atoms with Gasteiger partial charge in [-0.25, -0.2) is 0 Å². The number of alkyl halides is 1. The average Bonchev–Trinajstić information content (AvgIpc) is 2.52. The Kier molecular flexibility index (Phi) is 3.19. The fourth-order valence-electron chi connectivity index (χ4n) is 1.68. The second kappa shape index (κ2) is 4.31. The van der Waals surface area contributed by atoms with Crippen LogP contribution in [0.1, 0.15) is 26.3 Å². The lowest BCUT2D eigenvalue weighted by Gasteiger charge is -2.16. The van der Waals surface area contributed by atoms with Gasteiger partial charge < -0.3 is 14.2 Å². The van der Waals surface area contributed by atoms with Crippen LogP contribution in [0.2, 0.25) is 0 Å². The molecule has 1 aliphatic heterocycles. The second-order valence-corrected chi connectivity index (χ2v) is 4.85. The van der Waals surface area contributed by atoms with Crippen LogP contribution in [0.25, 0.3) is 0 Å². The summed E-state index contributed by atoms with van der Waals surface area (Å²) in [5.41, 5.74) is 1.18. The minimum Gasteiger partial charge on any atom is -0.490 e. The average molecular weight is 334 g/mol. The van der Waals surface area contributed by atoms with Crippen molar-refractivity contribution in [1.82, 2.24) is 0 Å². The van der Waals surface area contributed by atoms with Crippen molar-refractivity contribution in [3.63, 3.8) is 0 Å². The Labute approximate surface area is 109 Å². The van der Waals surface area contributed by atoms with Gasteiger partial charge in [-0.1, -0.05) is 22.6 Å². The highest BCUT2D eigenvalue weighted by atomic mass is 127. The minimum atomic E-state index is -0.599. The molecule has 3 nitrogen and oxygen atoms in total. The summed E-state index contributed by atoms with van der Waals surface area (Å²) in [5.74, 6) is 1.68. The molecule has 0 aliphatic carbocycles. The molecule has 88 valence electrons. The van der Waals surface area contributed by atoms with Crippen molar-refractivity contribution in [3.05, 3.63) is 17.7 Å². The SMILES string of the molecule is CCOc1cc(CI)cc2c1OC(C)(C)O2. The number of fused-ring (bicyclic) bond motifs is 1. The molecule has 1 heterocycles. The van der Waals surface area contributed by atoms with E-state index in [4.69, 9.17) is 14.2 Å². The zero-order valence-electron chi connectivity index (χ0n) is 9.67. The molecule has 0 spiro atoms. The maximum Gasteiger partial charge on any atom is 0.246 e. The van der Waals surface area contributed by atoms with Gasteiger partial charge in [0.05, 0.1) is 6.61 Å². The first-order chi connectivity index (χ1) is 7.55. The largest absolute Gasteiger partial charge is 0.490 e. The van der Waals surface area contributed by atoms with E-state index in [1.807, 2.05) is 32.9 Å². The predicted octanol–water partition coefficient (Wildman–Crippen LogP) is 3.53.